The van der Waals surface area contributed by atoms with E-state index >= 15 is 0 Å². The maximum Gasteiger partial charge on any atom is 0.279 e. The van der Waals surface area contributed by atoms with Gasteiger partial charge in [0.25, 0.3) is 5.91 Å². The van der Waals surface area contributed by atoms with E-state index in [1.165, 1.54) is 23.5 Å². The number of carbonyl (C=O) groups excluding carboxylic acids is 1. The molecule has 2 aromatic rings. The van der Waals surface area contributed by atoms with Crippen LogP contribution in [-0.2, 0) is 0 Å². The number of hydrogen-bond donors (Lipinski definition) is 4. The van der Waals surface area contributed by atoms with Gasteiger partial charge in [0.2, 0.25) is 22.2 Å². The first-order valence-corrected chi connectivity index (χ1v) is 9.30. The SMILES string of the molecule is CSc1n[nH]c(NC(C)=C(CCO)C(=O)n2nc(SC)nc2N)n1. The van der Waals surface area contributed by atoms with Crippen molar-refractivity contribution < 1.29 is 9.90 Å². The maximum atomic E-state index is 12.7. The lowest BCUT2D eigenvalue weighted by Gasteiger charge is -2.11. The van der Waals surface area contributed by atoms with E-state index in [2.05, 4.69) is 30.6 Å². The number of thioether (sulfide) groups is 2. The van der Waals surface area contributed by atoms with Crippen molar-refractivity contribution in [3.63, 3.8) is 0 Å². The van der Waals surface area contributed by atoms with E-state index < -0.39 is 5.91 Å². The first-order valence-electron chi connectivity index (χ1n) is 6.85. The quantitative estimate of drug-likeness (QED) is 0.408. The van der Waals surface area contributed by atoms with Crippen LogP contribution in [0, 0.1) is 0 Å². The fourth-order valence-corrected chi connectivity index (χ4v) is 2.55. The van der Waals surface area contributed by atoms with Crippen molar-refractivity contribution in [2.24, 2.45) is 0 Å². The molecule has 0 aliphatic heterocycles. The summed E-state index contributed by atoms with van der Waals surface area (Å²) in [7, 11) is 0. The maximum absolute atomic E-state index is 12.7. The smallest absolute Gasteiger partial charge is 0.279 e. The van der Waals surface area contributed by atoms with Crippen LogP contribution in [0.1, 0.15) is 18.1 Å². The summed E-state index contributed by atoms with van der Waals surface area (Å²) in [6.45, 7) is 1.50. The van der Waals surface area contributed by atoms with Crippen molar-refractivity contribution in [1.29, 1.82) is 0 Å². The summed E-state index contributed by atoms with van der Waals surface area (Å²) in [6.07, 6.45) is 3.77. The number of H-pyrrole nitrogens is 1. The van der Waals surface area contributed by atoms with Crippen LogP contribution in [0.2, 0.25) is 0 Å². The molecular weight excluding hydrogens is 352 g/mol. The Morgan fingerprint density at radius 1 is 1.33 bits per heavy atom. The predicted octanol–water partition coefficient (Wildman–Crippen LogP) is 0.831. The van der Waals surface area contributed by atoms with Crippen LogP contribution in [0.15, 0.2) is 21.6 Å². The Labute approximate surface area is 146 Å². The van der Waals surface area contributed by atoms with E-state index in [1.54, 1.807) is 13.2 Å². The second kappa shape index (κ2) is 8.17. The molecule has 12 heteroatoms. The Morgan fingerprint density at radius 3 is 2.58 bits per heavy atom. The minimum atomic E-state index is -0.455. The van der Waals surface area contributed by atoms with Gasteiger partial charge < -0.3 is 16.2 Å². The molecule has 0 radical (unpaired) electrons. The molecule has 0 bridgehead atoms. The van der Waals surface area contributed by atoms with Crippen molar-refractivity contribution in [2.75, 3.05) is 30.2 Å². The Hall–Kier alpha value is -2.05. The lowest BCUT2D eigenvalue weighted by molar-refractivity contribution is 0.0932. The Morgan fingerprint density at radius 2 is 2.04 bits per heavy atom. The number of aromatic nitrogens is 6. The fraction of sp³-hybridized carbons (Fsp3) is 0.417. The van der Waals surface area contributed by atoms with Gasteiger partial charge in [-0.05, 0) is 19.4 Å². The van der Waals surface area contributed by atoms with Crippen molar-refractivity contribution in [3.8, 4) is 0 Å². The molecule has 0 aliphatic carbocycles. The number of aliphatic hydroxyl groups is 1. The van der Waals surface area contributed by atoms with Crippen LogP contribution in [0.3, 0.4) is 0 Å². The minimum Gasteiger partial charge on any atom is -0.396 e. The molecule has 0 fully saturated rings. The van der Waals surface area contributed by atoms with Crippen LogP contribution >= 0.6 is 23.5 Å². The van der Waals surface area contributed by atoms with Crippen molar-refractivity contribution in [2.45, 2.75) is 23.7 Å². The zero-order chi connectivity index (χ0) is 17.7. The topological polar surface area (TPSA) is 148 Å². The average molecular weight is 370 g/mol. The molecule has 0 unspecified atom stereocenters. The summed E-state index contributed by atoms with van der Waals surface area (Å²) in [5.41, 5.74) is 6.58. The molecule has 0 spiro atoms. The number of nitrogens with zero attached hydrogens (tertiary/aromatic N) is 5. The van der Waals surface area contributed by atoms with Crippen molar-refractivity contribution in [3.05, 3.63) is 11.3 Å². The molecule has 2 aromatic heterocycles. The first-order chi connectivity index (χ1) is 11.5. The Kier molecular flexibility index (Phi) is 6.23. The van der Waals surface area contributed by atoms with Gasteiger partial charge in [0.15, 0.2) is 0 Å². The molecule has 24 heavy (non-hydrogen) atoms. The second-order valence-corrected chi connectivity index (χ2v) is 6.09. The largest absolute Gasteiger partial charge is 0.396 e. The number of aromatic amines is 1. The van der Waals surface area contributed by atoms with Gasteiger partial charge in [-0.1, -0.05) is 23.5 Å². The molecular formula is C12H18N8O2S2. The van der Waals surface area contributed by atoms with Gasteiger partial charge >= 0.3 is 0 Å². The molecule has 2 heterocycles. The predicted molar refractivity (Wildman–Crippen MR) is 93.0 cm³/mol. The monoisotopic (exact) mass is 370 g/mol. The van der Waals surface area contributed by atoms with Gasteiger partial charge in [0.05, 0.1) is 0 Å². The van der Waals surface area contributed by atoms with Crippen molar-refractivity contribution in [1.82, 2.24) is 29.9 Å². The minimum absolute atomic E-state index is 0.00285. The first kappa shape index (κ1) is 18.3. The third kappa shape index (κ3) is 4.07. The molecule has 0 aliphatic rings. The number of carbonyl (C=O) groups is 1. The number of allylic oxidation sites excluding steroid dienone is 1. The van der Waals surface area contributed by atoms with Crippen LogP contribution < -0.4 is 11.1 Å². The summed E-state index contributed by atoms with van der Waals surface area (Å²) in [5.74, 6) is -0.0580. The number of hydrogen-bond acceptors (Lipinski definition) is 10. The number of anilines is 2. The number of nitrogen functional groups attached to an aromatic ring is 1. The number of nitrogens with one attached hydrogen (secondary N) is 2. The normalized spacial score (nSPS) is 12.2. The standard InChI is InChI=1S/C12H18N8O2S2/c1-6(14-10-16-11(23-2)18-17-10)7(4-5-21)8(22)20-9(13)15-12(19-20)24-3/h21H,4-5H2,1-3H3,(H2,13,15,19)(H2,14,16,17,18). The van der Waals surface area contributed by atoms with E-state index in [-0.39, 0.29) is 19.0 Å². The number of nitrogens with two attached hydrogens (primary N) is 1. The molecule has 5 N–H and O–H groups in total. The summed E-state index contributed by atoms with van der Waals surface area (Å²) >= 11 is 2.67. The molecule has 0 amide bonds. The zero-order valence-corrected chi connectivity index (χ0v) is 15.0. The number of rotatable bonds is 7. The Balaban J connectivity index is 2.31. The molecule has 2 rings (SSSR count). The summed E-state index contributed by atoms with van der Waals surface area (Å²) < 4.78 is 1.02. The lowest BCUT2D eigenvalue weighted by Crippen LogP contribution is -2.21. The summed E-state index contributed by atoms with van der Waals surface area (Å²) in [6, 6.07) is 0. The molecule has 0 aromatic carbocycles. The fourth-order valence-electron chi connectivity index (χ4n) is 1.88. The van der Waals surface area contributed by atoms with Gasteiger partial charge in [-0.25, -0.2) is 5.10 Å². The molecule has 130 valence electrons. The van der Waals surface area contributed by atoms with Crippen LogP contribution in [0.4, 0.5) is 11.9 Å². The highest BCUT2D eigenvalue weighted by Gasteiger charge is 2.20. The zero-order valence-electron chi connectivity index (χ0n) is 13.4. The highest BCUT2D eigenvalue weighted by atomic mass is 32.2. The van der Waals surface area contributed by atoms with Crippen molar-refractivity contribution >= 4 is 41.3 Å². The van der Waals surface area contributed by atoms with Crippen LogP contribution in [-0.4, -0.2) is 60.1 Å². The highest BCUT2D eigenvalue weighted by molar-refractivity contribution is 7.98. The lowest BCUT2D eigenvalue weighted by atomic mass is 10.1. The third-order valence-electron chi connectivity index (χ3n) is 3.01. The van der Waals surface area contributed by atoms with Crippen LogP contribution in [0.25, 0.3) is 0 Å². The van der Waals surface area contributed by atoms with Gasteiger partial charge in [-0.15, -0.1) is 10.2 Å². The molecule has 10 nitrogen and oxygen atoms in total. The second-order valence-electron chi connectivity index (χ2n) is 4.55. The van der Waals surface area contributed by atoms with E-state index in [9.17, 15) is 9.90 Å². The van der Waals surface area contributed by atoms with Gasteiger partial charge in [-0.2, -0.15) is 14.6 Å². The van der Waals surface area contributed by atoms with E-state index in [1.807, 2.05) is 6.26 Å². The highest BCUT2D eigenvalue weighted by Crippen LogP contribution is 2.18. The van der Waals surface area contributed by atoms with Crippen LogP contribution in [0.5, 0.6) is 0 Å². The van der Waals surface area contributed by atoms with E-state index in [0.29, 0.717) is 27.5 Å². The average Bonchev–Trinajstić information content (AvgIpc) is 3.17. The molecule has 0 saturated heterocycles. The number of aliphatic hydroxyl groups excluding tert-OH is 1. The summed E-state index contributed by atoms with van der Waals surface area (Å²) in [4.78, 5) is 20.9. The van der Waals surface area contributed by atoms with Gasteiger partial charge in [0, 0.05) is 24.3 Å². The molecule has 0 atom stereocenters. The Bertz CT molecular complexity index is 754. The van der Waals surface area contributed by atoms with Gasteiger partial charge in [-0.3, -0.25) is 4.79 Å². The van der Waals surface area contributed by atoms with Gasteiger partial charge in [0.1, 0.15) is 0 Å². The molecule has 0 saturated carbocycles. The third-order valence-corrected chi connectivity index (χ3v) is 4.10. The van der Waals surface area contributed by atoms with E-state index in [4.69, 9.17) is 5.73 Å². The summed E-state index contributed by atoms with van der Waals surface area (Å²) in [5, 5.41) is 24.0. The van der Waals surface area contributed by atoms with E-state index in [0.717, 1.165) is 4.68 Å².